The topological polar surface area (TPSA) is 78.6 Å². The minimum atomic E-state index is -0.402. The fraction of sp³-hybridized carbons (Fsp3) is 0.0455. The van der Waals surface area contributed by atoms with Crippen LogP contribution in [-0.2, 0) is 0 Å². The van der Waals surface area contributed by atoms with E-state index in [9.17, 15) is 9.59 Å². The molecule has 27 heavy (non-hydrogen) atoms. The summed E-state index contributed by atoms with van der Waals surface area (Å²) in [5, 5.41) is 0.829. The van der Waals surface area contributed by atoms with E-state index in [-0.39, 0.29) is 11.3 Å². The molecule has 4 rings (SSSR count). The van der Waals surface area contributed by atoms with Gasteiger partial charge in [0.25, 0.3) is 5.56 Å². The number of fused-ring (bicyclic) bond motifs is 1. The number of hydrogen-bond donors (Lipinski definition) is 2. The van der Waals surface area contributed by atoms with Crippen LogP contribution >= 0.6 is 0 Å². The molecule has 0 fully saturated rings. The first-order chi connectivity index (χ1) is 13.1. The number of allylic oxidation sites excluding steroid dienone is 1. The molecule has 0 aliphatic carbocycles. The Kier molecular flexibility index (Phi) is 4.26. The molecule has 0 amide bonds. The molecule has 5 nitrogen and oxygen atoms in total. The fourth-order valence-electron chi connectivity index (χ4n) is 3.15. The maximum absolute atomic E-state index is 12.9. The van der Waals surface area contributed by atoms with E-state index in [2.05, 4.69) is 15.0 Å². The summed E-state index contributed by atoms with van der Waals surface area (Å²) in [6, 6.07) is 17.0. The predicted octanol–water partition coefficient (Wildman–Crippen LogP) is 4.12. The van der Waals surface area contributed by atoms with Crippen molar-refractivity contribution in [3.05, 3.63) is 94.3 Å². The van der Waals surface area contributed by atoms with Gasteiger partial charge in [-0.25, -0.2) is 4.98 Å². The summed E-state index contributed by atoms with van der Waals surface area (Å²) in [7, 11) is 0. The van der Waals surface area contributed by atoms with Crippen LogP contribution in [0.25, 0.3) is 28.1 Å². The number of carbonyl (C=O) groups excluding carboxylic acids is 1. The van der Waals surface area contributed by atoms with E-state index in [4.69, 9.17) is 0 Å². The lowest BCUT2D eigenvalue weighted by Crippen LogP contribution is -2.18. The van der Waals surface area contributed by atoms with Gasteiger partial charge in [-0.1, -0.05) is 48.5 Å². The van der Waals surface area contributed by atoms with Crippen molar-refractivity contribution in [2.45, 2.75) is 6.92 Å². The number of nitrogens with zero attached hydrogens (tertiary/aromatic N) is 1. The molecule has 2 N–H and O–H groups in total. The molecule has 2 aromatic carbocycles. The summed E-state index contributed by atoms with van der Waals surface area (Å²) in [5.74, 6) is 0.400. The Morgan fingerprint density at radius 2 is 1.78 bits per heavy atom. The second kappa shape index (κ2) is 6.88. The molecule has 0 saturated heterocycles. The number of benzene rings is 2. The van der Waals surface area contributed by atoms with Gasteiger partial charge in [0, 0.05) is 22.7 Å². The average Bonchev–Trinajstić information content (AvgIpc) is 3.11. The number of hydrogen-bond acceptors (Lipinski definition) is 3. The Bertz CT molecular complexity index is 1220. The zero-order valence-corrected chi connectivity index (χ0v) is 14.7. The van der Waals surface area contributed by atoms with Gasteiger partial charge >= 0.3 is 0 Å². The quantitative estimate of drug-likeness (QED) is 0.427. The van der Waals surface area contributed by atoms with Gasteiger partial charge in [-0.15, -0.1) is 0 Å². The van der Waals surface area contributed by atoms with Gasteiger partial charge in [0.15, 0.2) is 5.78 Å². The van der Waals surface area contributed by atoms with E-state index in [0.29, 0.717) is 16.8 Å². The van der Waals surface area contributed by atoms with Crippen LogP contribution in [0.2, 0.25) is 0 Å². The van der Waals surface area contributed by atoms with Crippen LogP contribution in [0, 0.1) is 6.92 Å². The number of para-hydroxylation sites is 1. The highest BCUT2D eigenvalue weighted by molar-refractivity contribution is 6.14. The highest BCUT2D eigenvalue weighted by Crippen LogP contribution is 2.29. The zero-order valence-electron chi connectivity index (χ0n) is 14.7. The molecule has 0 radical (unpaired) electrons. The van der Waals surface area contributed by atoms with Crippen molar-refractivity contribution in [1.82, 2.24) is 15.0 Å². The first kappa shape index (κ1) is 16.7. The fourth-order valence-corrected chi connectivity index (χ4v) is 3.15. The van der Waals surface area contributed by atoms with E-state index in [1.165, 1.54) is 6.08 Å². The second-order valence-corrected chi connectivity index (χ2v) is 6.22. The Hall–Kier alpha value is -3.73. The number of carbonyl (C=O) groups is 1. The van der Waals surface area contributed by atoms with Crippen molar-refractivity contribution in [1.29, 1.82) is 0 Å². The molecule has 0 unspecified atom stereocenters. The van der Waals surface area contributed by atoms with Crippen molar-refractivity contribution in [3.8, 4) is 11.1 Å². The third-order valence-electron chi connectivity index (χ3n) is 4.36. The third kappa shape index (κ3) is 3.22. The van der Waals surface area contributed by atoms with Gasteiger partial charge in [0.05, 0.1) is 11.3 Å². The van der Waals surface area contributed by atoms with Crippen LogP contribution < -0.4 is 5.56 Å². The van der Waals surface area contributed by atoms with Gasteiger partial charge in [-0.3, -0.25) is 9.59 Å². The number of imidazole rings is 1. The van der Waals surface area contributed by atoms with Crippen LogP contribution in [0.5, 0.6) is 0 Å². The van der Waals surface area contributed by atoms with Crippen molar-refractivity contribution in [2.75, 3.05) is 0 Å². The normalized spacial score (nSPS) is 11.3. The Morgan fingerprint density at radius 1 is 1.04 bits per heavy atom. The third-order valence-corrected chi connectivity index (χ3v) is 4.36. The van der Waals surface area contributed by atoms with Crippen molar-refractivity contribution in [2.24, 2.45) is 0 Å². The highest BCUT2D eigenvalue weighted by atomic mass is 16.1. The molecule has 5 heteroatoms. The predicted molar refractivity (Wildman–Crippen MR) is 107 cm³/mol. The number of pyridine rings is 1. The molecule has 0 spiro atoms. The summed E-state index contributed by atoms with van der Waals surface area (Å²) in [6.45, 7) is 1.83. The minimum absolute atomic E-state index is 0.128. The number of aromatic amines is 2. The van der Waals surface area contributed by atoms with E-state index in [1.54, 1.807) is 12.3 Å². The van der Waals surface area contributed by atoms with Crippen LogP contribution in [0.1, 0.15) is 21.9 Å². The first-order valence-corrected chi connectivity index (χ1v) is 8.58. The van der Waals surface area contributed by atoms with Crippen molar-refractivity contribution < 1.29 is 4.79 Å². The molecule has 132 valence electrons. The molecular weight excluding hydrogens is 338 g/mol. The average molecular weight is 355 g/mol. The van der Waals surface area contributed by atoms with Crippen molar-refractivity contribution in [3.63, 3.8) is 0 Å². The molecule has 2 aromatic heterocycles. The van der Waals surface area contributed by atoms with Gasteiger partial charge in [0.2, 0.25) is 0 Å². The van der Waals surface area contributed by atoms with Gasteiger partial charge in [0.1, 0.15) is 5.82 Å². The molecule has 0 aliphatic rings. The summed E-state index contributed by atoms with van der Waals surface area (Å²) in [5.41, 5.74) is 2.53. The number of H-pyrrole nitrogens is 2. The van der Waals surface area contributed by atoms with Crippen molar-refractivity contribution >= 4 is 22.8 Å². The Morgan fingerprint density at radius 3 is 2.52 bits per heavy atom. The lowest BCUT2D eigenvalue weighted by Gasteiger charge is -2.11. The number of aromatic nitrogens is 3. The van der Waals surface area contributed by atoms with Crippen LogP contribution in [0.4, 0.5) is 0 Å². The largest absolute Gasteiger partial charge is 0.348 e. The lowest BCUT2D eigenvalue weighted by molar-refractivity contribution is 0.104. The Balaban J connectivity index is 1.91. The maximum Gasteiger partial charge on any atom is 0.260 e. The van der Waals surface area contributed by atoms with E-state index >= 15 is 0 Å². The number of aryl methyl sites for hydroxylation is 1. The SMILES string of the molecule is Cc1nc(/C=C/C(=O)c2c(-c3ccccc3)c3ccccc3[nH]c2=O)c[nH]1. The van der Waals surface area contributed by atoms with Crippen LogP contribution in [0.15, 0.2) is 71.7 Å². The summed E-state index contributed by atoms with van der Waals surface area (Å²) in [4.78, 5) is 35.7. The summed E-state index contributed by atoms with van der Waals surface area (Å²) in [6.07, 6.45) is 4.71. The molecule has 0 aliphatic heterocycles. The standard InChI is InChI=1S/C22H17N3O2/c1-14-23-13-16(24-14)11-12-19(26)21-20(15-7-3-2-4-8-15)17-9-5-6-10-18(17)25-22(21)27/h2-13H,1H3,(H,23,24)(H,25,27)/b12-11+. The first-order valence-electron chi connectivity index (χ1n) is 8.58. The number of nitrogens with one attached hydrogen (secondary N) is 2. The second-order valence-electron chi connectivity index (χ2n) is 6.22. The van der Waals surface area contributed by atoms with E-state index in [0.717, 1.165) is 16.8 Å². The van der Waals surface area contributed by atoms with Crippen LogP contribution in [0.3, 0.4) is 0 Å². The van der Waals surface area contributed by atoms with E-state index < -0.39 is 5.56 Å². The van der Waals surface area contributed by atoms with Crippen LogP contribution in [-0.4, -0.2) is 20.7 Å². The maximum atomic E-state index is 12.9. The lowest BCUT2D eigenvalue weighted by atomic mass is 9.94. The molecule has 0 saturated carbocycles. The summed E-state index contributed by atoms with van der Waals surface area (Å²) >= 11 is 0. The number of ketones is 1. The summed E-state index contributed by atoms with van der Waals surface area (Å²) < 4.78 is 0. The molecular formula is C22H17N3O2. The zero-order chi connectivity index (χ0) is 18.8. The minimum Gasteiger partial charge on any atom is -0.348 e. The van der Waals surface area contributed by atoms with Gasteiger partial charge < -0.3 is 9.97 Å². The smallest absolute Gasteiger partial charge is 0.260 e. The van der Waals surface area contributed by atoms with Gasteiger partial charge in [-0.2, -0.15) is 0 Å². The molecule has 4 aromatic rings. The van der Waals surface area contributed by atoms with Gasteiger partial charge in [-0.05, 0) is 30.7 Å². The Labute approximate surface area is 155 Å². The van der Waals surface area contributed by atoms with E-state index in [1.807, 2.05) is 61.5 Å². The molecule has 2 heterocycles. The molecule has 0 atom stereocenters. The molecule has 0 bridgehead atoms. The highest BCUT2D eigenvalue weighted by Gasteiger charge is 2.18. The number of rotatable bonds is 4. The monoisotopic (exact) mass is 355 g/mol.